The Morgan fingerprint density at radius 2 is 1.49 bits per heavy atom. The normalized spacial score (nSPS) is 23.0. The van der Waals surface area contributed by atoms with Crippen molar-refractivity contribution >= 4 is 30.0 Å². The van der Waals surface area contributed by atoms with Gasteiger partial charge in [0.15, 0.2) is 18.3 Å². The zero-order chi connectivity index (χ0) is 29.7. The van der Waals surface area contributed by atoms with Crippen LogP contribution in [0.15, 0.2) is 48.0 Å². The van der Waals surface area contributed by atoms with E-state index in [0.29, 0.717) is 17.7 Å². The molecule has 0 amide bonds. The molecular formula is C31H34O10. The second-order valence-corrected chi connectivity index (χ2v) is 10.1. The molecule has 1 fully saturated rings. The molecule has 1 saturated heterocycles. The Balaban J connectivity index is 1.75. The highest BCUT2D eigenvalue weighted by molar-refractivity contribution is 5.69. The molecule has 0 N–H and O–H groups in total. The van der Waals surface area contributed by atoms with Gasteiger partial charge in [0.2, 0.25) is 0 Å². The average Bonchev–Trinajstić information content (AvgIpc) is 3.31. The number of rotatable bonds is 9. The maximum absolute atomic E-state index is 12.3. The molecule has 2 aromatic carbocycles. The second-order valence-electron chi connectivity index (χ2n) is 10.1. The number of benzene rings is 2. The molecule has 1 heterocycles. The number of esters is 4. The van der Waals surface area contributed by atoms with Crippen LogP contribution in [-0.4, -0.2) is 62.0 Å². The highest BCUT2D eigenvalue weighted by atomic mass is 16.7. The minimum Gasteiger partial charge on any atom is -0.496 e. The fourth-order valence-corrected chi connectivity index (χ4v) is 5.32. The predicted octanol–water partition coefficient (Wildman–Crippen LogP) is 3.68. The smallest absolute Gasteiger partial charge is 0.303 e. The van der Waals surface area contributed by atoms with E-state index in [-0.39, 0.29) is 6.61 Å². The third kappa shape index (κ3) is 7.32. The molecule has 218 valence electrons. The lowest BCUT2D eigenvalue weighted by Gasteiger charge is -2.44. The summed E-state index contributed by atoms with van der Waals surface area (Å²) < 4.78 is 34.0. The third-order valence-corrected chi connectivity index (χ3v) is 6.85. The van der Waals surface area contributed by atoms with Crippen molar-refractivity contribution in [1.29, 1.82) is 0 Å². The van der Waals surface area contributed by atoms with Gasteiger partial charge >= 0.3 is 23.9 Å². The van der Waals surface area contributed by atoms with E-state index in [4.69, 9.17) is 28.4 Å². The summed E-state index contributed by atoms with van der Waals surface area (Å²) in [5, 5.41) is 0. The molecule has 0 radical (unpaired) electrons. The Hall–Kier alpha value is -4.18. The quantitative estimate of drug-likeness (QED) is 0.328. The van der Waals surface area contributed by atoms with E-state index >= 15 is 0 Å². The Morgan fingerprint density at radius 3 is 2.12 bits per heavy atom. The van der Waals surface area contributed by atoms with Crippen molar-refractivity contribution in [3.63, 3.8) is 0 Å². The van der Waals surface area contributed by atoms with Crippen LogP contribution in [0.3, 0.4) is 0 Å². The molecule has 10 heteroatoms. The predicted molar refractivity (Wildman–Crippen MR) is 146 cm³/mol. The van der Waals surface area contributed by atoms with Crippen LogP contribution >= 0.6 is 0 Å². The number of carbonyl (C=O) groups excluding carboxylic acids is 4. The summed E-state index contributed by atoms with van der Waals surface area (Å²) in [6.45, 7) is 4.51. The zero-order valence-electron chi connectivity index (χ0n) is 23.7. The van der Waals surface area contributed by atoms with Gasteiger partial charge in [0.25, 0.3) is 0 Å². The van der Waals surface area contributed by atoms with Crippen molar-refractivity contribution in [2.45, 2.75) is 71.1 Å². The van der Waals surface area contributed by atoms with Crippen LogP contribution in [0.2, 0.25) is 0 Å². The number of hydrogen-bond acceptors (Lipinski definition) is 10. The highest BCUT2D eigenvalue weighted by Gasteiger charge is 2.53. The second kappa shape index (κ2) is 13.0. The van der Waals surface area contributed by atoms with Gasteiger partial charge in [0.1, 0.15) is 24.6 Å². The van der Waals surface area contributed by atoms with Gasteiger partial charge in [-0.1, -0.05) is 42.0 Å². The van der Waals surface area contributed by atoms with Crippen LogP contribution in [0, 0.1) is 0 Å². The largest absolute Gasteiger partial charge is 0.496 e. The summed E-state index contributed by atoms with van der Waals surface area (Å²) in [6.07, 6.45) is -2.13. The summed E-state index contributed by atoms with van der Waals surface area (Å²) in [5.41, 5.74) is 5.15. The molecule has 0 saturated carbocycles. The van der Waals surface area contributed by atoms with Crippen LogP contribution < -0.4 is 4.74 Å². The number of fused-ring (bicyclic) bond motifs is 1. The first kappa shape index (κ1) is 29.8. The maximum atomic E-state index is 12.3. The first-order chi connectivity index (χ1) is 19.5. The number of methoxy groups -OCH3 is 1. The summed E-state index contributed by atoms with van der Waals surface area (Å²) in [5.74, 6) is -2.18. The fourth-order valence-electron chi connectivity index (χ4n) is 5.32. The number of allylic oxidation sites excluding steroid dienone is 1. The van der Waals surface area contributed by atoms with Crippen molar-refractivity contribution in [3.8, 4) is 5.75 Å². The van der Waals surface area contributed by atoms with Crippen molar-refractivity contribution in [1.82, 2.24) is 0 Å². The Morgan fingerprint density at radius 1 is 0.829 bits per heavy atom. The average molecular weight is 567 g/mol. The van der Waals surface area contributed by atoms with E-state index in [1.54, 1.807) is 6.07 Å². The Kier molecular flexibility index (Phi) is 9.44. The molecule has 0 spiro atoms. The summed E-state index contributed by atoms with van der Waals surface area (Å²) in [6, 6.07) is 13.8. The van der Waals surface area contributed by atoms with E-state index in [9.17, 15) is 19.2 Å². The van der Waals surface area contributed by atoms with Gasteiger partial charge in [-0.05, 0) is 41.7 Å². The monoisotopic (exact) mass is 566 g/mol. The lowest BCUT2D eigenvalue weighted by atomic mass is 9.88. The maximum Gasteiger partial charge on any atom is 0.303 e. The molecule has 1 aliphatic carbocycles. The minimum atomic E-state index is -1.26. The molecule has 4 rings (SSSR count). The molecule has 41 heavy (non-hydrogen) atoms. The summed E-state index contributed by atoms with van der Waals surface area (Å²) >= 11 is 0. The van der Waals surface area contributed by atoms with E-state index in [1.807, 2.05) is 24.3 Å². The van der Waals surface area contributed by atoms with E-state index < -0.39 is 54.4 Å². The highest BCUT2D eigenvalue weighted by Crippen LogP contribution is 2.41. The van der Waals surface area contributed by atoms with Gasteiger partial charge in [-0.15, -0.1) is 0 Å². The van der Waals surface area contributed by atoms with Gasteiger partial charge in [-0.3, -0.25) is 19.2 Å². The van der Waals surface area contributed by atoms with Crippen molar-refractivity contribution in [2.75, 3.05) is 13.7 Å². The number of carbonyl (C=O) groups is 4. The van der Waals surface area contributed by atoms with Crippen molar-refractivity contribution in [3.05, 3.63) is 70.3 Å². The topological polar surface area (TPSA) is 124 Å². The zero-order valence-corrected chi connectivity index (χ0v) is 23.7. The lowest BCUT2D eigenvalue weighted by molar-refractivity contribution is -0.254. The first-order valence-electron chi connectivity index (χ1n) is 13.3. The molecule has 0 aromatic heterocycles. The molecule has 0 bridgehead atoms. The Labute approximate surface area is 238 Å². The van der Waals surface area contributed by atoms with Gasteiger partial charge in [-0.25, -0.2) is 0 Å². The van der Waals surface area contributed by atoms with Gasteiger partial charge in [-0.2, -0.15) is 0 Å². The standard InChI is InChI=1S/C31H34O10/c1-17(32)37-16-27-29(38-18(2)33)31(40-20(4)35)30(39-19(3)34)28(41-27)25-15-21(10-11-26(25)36-5)12-22-13-23-8-6-7-9-24(23)14-22/h6-11,13,15,27-31H,12,14,16H2,1-5H3/t27-,28+,29-,30+,31+/m1/s1. The molecule has 5 atom stereocenters. The van der Waals surface area contributed by atoms with Crippen LogP contribution in [0.5, 0.6) is 5.75 Å². The van der Waals surface area contributed by atoms with Crippen LogP contribution in [0.1, 0.15) is 56.1 Å². The molecule has 2 aliphatic rings. The molecule has 0 unspecified atom stereocenters. The van der Waals surface area contributed by atoms with E-state index in [1.165, 1.54) is 51.5 Å². The minimum absolute atomic E-state index is 0.304. The number of hydrogen-bond donors (Lipinski definition) is 0. The van der Waals surface area contributed by atoms with Crippen LogP contribution in [0.25, 0.3) is 6.08 Å². The van der Waals surface area contributed by atoms with Crippen molar-refractivity contribution in [2.24, 2.45) is 0 Å². The van der Waals surface area contributed by atoms with Crippen molar-refractivity contribution < 1.29 is 47.6 Å². The molecule has 2 aromatic rings. The third-order valence-electron chi connectivity index (χ3n) is 6.85. The Bertz CT molecular complexity index is 1350. The fraction of sp³-hybridized carbons (Fsp3) is 0.419. The van der Waals surface area contributed by atoms with E-state index in [2.05, 4.69) is 18.2 Å². The molecular weight excluding hydrogens is 532 g/mol. The van der Waals surface area contributed by atoms with E-state index in [0.717, 1.165) is 12.0 Å². The van der Waals surface area contributed by atoms with Crippen LogP contribution in [-0.2, 0) is 55.7 Å². The summed E-state index contributed by atoms with van der Waals surface area (Å²) in [4.78, 5) is 48.2. The van der Waals surface area contributed by atoms with Gasteiger partial charge in [0.05, 0.1) is 7.11 Å². The summed E-state index contributed by atoms with van der Waals surface area (Å²) in [7, 11) is 1.50. The molecule has 10 nitrogen and oxygen atoms in total. The lowest BCUT2D eigenvalue weighted by Crippen LogP contribution is -2.59. The first-order valence-corrected chi connectivity index (χ1v) is 13.3. The molecule has 1 aliphatic heterocycles. The van der Waals surface area contributed by atoms with Gasteiger partial charge < -0.3 is 28.4 Å². The number of ether oxygens (including phenoxy) is 6. The van der Waals surface area contributed by atoms with Gasteiger partial charge in [0, 0.05) is 33.3 Å². The van der Waals surface area contributed by atoms with Crippen LogP contribution in [0.4, 0.5) is 0 Å². The SMILES string of the molecule is COc1ccc(CC2=Cc3ccccc3C2)cc1[C@@H]1O[C@H](COC(C)=O)[C@@H](OC(C)=O)[C@H](OC(C)=O)[C@H]1OC(C)=O.